The highest BCUT2D eigenvalue weighted by Crippen LogP contribution is 2.28. The van der Waals surface area contributed by atoms with Crippen LogP contribution in [0.5, 0.6) is 0 Å². The monoisotopic (exact) mass is 326 g/mol. The van der Waals surface area contributed by atoms with E-state index in [0.29, 0.717) is 0 Å². The zero-order valence-electron chi connectivity index (χ0n) is 12.8. The quantitative estimate of drug-likeness (QED) is 0.377. The van der Waals surface area contributed by atoms with Crippen LogP contribution < -0.4 is 0 Å². The van der Waals surface area contributed by atoms with Gasteiger partial charge in [0.2, 0.25) is 0 Å². The molecule has 4 aromatic rings. The fourth-order valence-electron chi connectivity index (χ4n) is 2.73. The van der Waals surface area contributed by atoms with Crippen molar-refractivity contribution in [3.05, 3.63) is 84.2 Å². The van der Waals surface area contributed by atoms with Crippen molar-refractivity contribution in [3.63, 3.8) is 0 Å². The maximum atomic E-state index is 4.57. The third-order valence-electron chi connectivity index (χ3n) is 3.91. The fourth-order valence-corrected chi connectivity index (χ4v) is 3.01. The first-order valence-corrected chi connectivity index (χ1v) is 8.09. The lowest BCUT2D eigenvalue weighted by atomic mass is 9.99. The SMILES string of the molecule is Sc1ccccc1-c1ccccc1C#Cc1ccnc2[nH]ccc12. The summed E-state index contributed by atoms with van der Waals surface area (Å²) in [5.41, 5.74) is 4.99. The largest absolute Gasteiger partial charge is 0.346 e. The van der Waals surface area contributed by atoms with E-state index < -0.39 is 0 Å². The molecule has 0 bridgehead atoms. The Hall–Kier alpha value is -2.96. The third-order valence-corrected chi connectivity index (χ3v) is 4.30. The lowest BCUT2D eigenvalue weighted by Gasteiger charge is -2.07. The van der Waals surface area contributed by atoms with Gasteiger partial charge in [-0.15, -0.1) is 12.6 Å². The fraction of sp³-hybridized carbons (Fsp3) is 0. The second-order valence-electron chi connectivity index (χ2n) is 5.41. The highest BCUT2D eigenvalue weighted by molar-refractivity contribution is 7.80. The Bertz CT molecular complexity index is 1080. The maximum absolute atomic E-state index is 4.57. The highest BCUT2D eigenvalue weighted by Gasteiger charge is 2.06. The van der Waals surface area contributed by atoms with Crippen LogP contribution in [-0.2, 0) is 0 Å². The molecule has 24 heavy (non-hydrogen) atoms. The Morgan fingerprint density at radius 2 is 1.54 bits per heavy atom. The first-order valence-electron chi connectivity index (χ1n) is 7.64. The molecule has 0 saturated heterocycles. The minimum Gasteiger partial charge on any atom is -0.346 e. The summed E-state index contributed by atoms with van der Waals surface area (Å²) in [4.78, 5) is 8.36. The van der Waals surface area contributed by atoms with Crippen molar-refractivity contribution in [3.8, 4) is 23.0 Å². The summed E-state index contributed by atoms with van der Waals surface area (Å²) >= 11 is 4.57. The van der Waals surface area contributed by atoms with Crippen LogP contribution in [0.1, 0.15) is 11.1 Å². The number of pyridine rings is 1. The molecule has 4 rings (SSSR count). The molecule has 0 aliphatic rings. The number of thiol groups is 1. The molecule has 0 spiro atoms. The van der Waals surface area contributed by atoms with Crippen molar-refractivity contribution in [2.24, 2.45) is 0 Å². The Morgan fingerprint density at radius 3 is 2.42 bits per heavy atom. The van der Waals surface area contributed by atoms with Crippen LogP contribution in [0.3, 0.4) is 0 Å². The number of hydrogen-bond acceptors (Lipinski definition) is 2. The lowest BCUT2D eigenvalue weighted by molar-refractivity contribution is 1.32. The van der Waals surface area contributed by atoms with Gasteiger partial charge in [-0.05, 0) is 35.4 Å². The van der Waals surface area contributed by atoms with E-state index in [9.17, 15) is 0 Å². The summed E-state index contributed by atoms with van der Waals surface area (Å²) in [5, 5.41) is 1.04. The summed E-state index contributed by atoms with van der Waals surface area (Å²) < 4.78 is 0. The Kier molecular flexibility index (Phi) is 3.82. The Balaban J connectivity index is 1.83. The van der Waals surface area contributed by atoms with Gasteiger partial charge in [0.1, 0.15) is 5.65 Å². The summed E-state index contributed by atoms with van der Waals surface area (Å²) in [6.45, 7) is 0. The number of nitrogens with one attached hydrogen (secondary N) is 1. The van der Waals surface area contributed by atoms with E-state index >= 15 is 0 Å². The third kappa shape index (κ3) is 2.68. The molecule has 0 unspecified atom stereocenters. The van der Waals surface area contributed by atoms with Crippen LogP contribution in [0.2, 0.25) is 0 Å². The summed E-state index contributed by atoms with van der Waals surface area (Å²) in [6.07, 6.45) is 3.66. The van der Waals surface area contributed by atoms with Gasteiger partial charge in [-0.1, -0.05) is 48.2 Å². The molecule has 0 radical (unpaired) electrons. The average molecular weight is 326 g/mol. The summed E-state index contributed by atoms with van der Waals surface area (Å²) in [7, 11) is 0. The predicted octanol–water partition coefficient (Wildman–Crippen LogP) is 4.92. The molecule has 3 heteroatoms. The standard InChI is InChI=1S/C21H14N2S/c24-20-8-4-3-7-19(20)17-6-2-1-5-15(17)9-10-16-11-13-22-21-18(16)12-14-23-21/h1-8,11-14,24H,(H,22,23). The van der Waals surface area contributed by atoms with Crippen molar-refractivity contribution < 1.29 is 0 Å². The Labute approximate surface area is 146 Å². The number of nitrogens with zero attached hydrogens (tertiary/aromatic N) is 1. The number of fused-ring (bicyclic) bond motifs is 1. The van der Waals surface area contributed by atoms with Gasteiger partial charge in [0.05, 0.1) is 0 Å². The normalized spacial score (nSPS) is 10.4. The van der Waals surface area contributed by atoms with Crippen LogP contribution >= 0.6 is 12.6 Å². The molecule has 0 amide bonds. The molecule has 0 atom stereocenters. The van der Waals surface area contributed by atoms with Gasteiger partial charge < -0.3 is 4.98 Å². The second kappa shape index (κ2) is 6.27. The van der Waals surface area contributed by atoms with E-state index in [0.717, 1.165) is 38.2 Å². The van der Waals surface area contributed by atoms with Gasteiger partial charge in [-0.3, -0.25) is 0 Å². The van der Waals surface area contributed by atoms with Crippen molar-refractivity contribution in [2.75, 3.05) is 0 Å². The van der Waals surface area contributed by atoms with Gasteiger partial charge in [0.15, 0.2) is 0 Å². The molecule has 2 heterocycles. The zero-order chi connectivity index (χ0) is 16.4. The van der Waals surface area contributed by atoms with E-state index in [1.165, 1.54) is 0 Å². The van der Waals surface area contributed by atoms with E-state index in [-0.39, 0.29) is 0 Å². The smallest absolute Gasteiger partial charge is 0.138 e. The van der Waals surface area contributed by atoms with Crippen molar-refractivity contribution >= 4 is 23.7 Å². The topological polar surface area (TPSA) is 28.7 Å². The van der Waals surface area contributed by atoms with Gasteiger partial charge in [0.25, 0.3) is 0 Å². The van der Waals surface area contributed by atoms with Crippen molar-refractivity contribution in [2.45, 2.75) is 4.90 Å². The van der Waals surface area contributed by atoms with Crippen LogP contribution in [0.15, 0.2) is 78.0 Å². The number of H-pyrrole nitrogens is 1. The number of benzene rings is 2. The molecule has 2 aromatic heterocycles. The zero-order valence-corrected chi connectivity index (χ0v) is 13.7. The molecule has 0 aliphatic heterocycles. The van der Waals surface area contributed by atoms with E-state index in [2.05, 4.69) is 46.6 Å². The molecule has 2 aromatic carbocycles. The lowest BCUT2D eigenvalue weighted by Crippen LogP contribution is -1.86. The van der Waals surface area contributed by atoms with Crippen molar-refractivity contribution in [1.29, 1.82) is 0 Å². The number of aromatic nitrogens is 2. The van der Waals surface area contributed by atoms with Gasteiger partial charge >= 0.3 is 0 Å². The first-order chi connectivity index (χ1) is 11.8. The highest BCUT2D eigenvalue weighted by atomic mass is 32.1. The number of hydrogen-bond donors (Lipinski definition) is 2. The van der Waals surface area contributed by atoms with E-state index in [4.69, 9.17) is 0 Å². The average Bonchev–Trinajstić information content (AvgIpc) is 3.10. The van der Waals surface area contributed by atoms with Crippen LogP contribution in [0.4, 0.5) is 0 Å². The second-order valence-corrected chi connectivity index (χ2v) is 5.89. The van der Waals surface area contributed by atoms with E-state index in [1.54, 1.807) is 6.20 Å². The number of rotatable bonds is 1. The van der Waals surface area contributed by atoms with E-state index in [1.807, 2.05) is 54.7 Å². The first kappa shape index (κ1) is 14.6. The summed E-state index contributed by atoms with van der Waals surface area (Å²) in [5.74, 6) is 6.60. The predicted molar refractivity (Wildman–Crippen MR) is 101 cm³/mol. The van der Waals surface area contributed by atoms with Gasteiger partial charge in [-0.2, -0.15) is 0 Å². The molecule has 0 saturated carbocycles. The molecule has 114 valence electrons. The molecular formula is C21H14N2S. The number of aromatic amines is 1. The van der Waals surface area contributed by atoms with Crippen LogP contribution in [0, 0.1) is 11.8 Å². The minimum absolute atomic E-state index is 0.857. The molecule has 0 aliphatic carbocycles. The van der Waals surface area contributed by atoms with Crippen LogP contribution in [0.25, 0.3) is 22.2 Å². The minimum atomic E-state index is 0.857. The molecule has 1 N–H and O–H groups in total. The molecule has 2 nitrogen and oxygen atoms in total. The van der Waals surface area contributed by atoms with Crippen LogP contribution in [-0.4, -0.2) is 9.97 Å². The van der Waals surface area contributed by atoms with Crippen molar-refractivity contribution in [1.82, 2.24) is 9.97 Å². The Morgan fingerprint density at radius 1 is 0.792 bits per heavy atom. The maximum Gasteiger partial charge on any atom is 0.138 e. The molecular weight excluding hydrogens is 312 g/mol. The summed E-state index contributed by atoms with van der Waals surface area (Å²) in [6, 6.07) is 20.2. The van der Waals surface area contributed by atoms with Gasteiger partial charge in [0, 0.05) is 33.8 Å². The van der Waals surface area contributed by atoms with Gasteiger partial charge in [-0.25, -0.2) is 4.98 Å². The molecule has 0 fully saturated rings.